The van der Waals surface area contributed by atoms with E-state index in [-0.39, 0.29) is 0 Å². The van der Waals surface area contributed by atoms with Gasteiger partial charge in [-0.15, -0.1) is 0 Å². The maximum Gasteiger partial charge on any atom is 0.0992 e. The minimum absolute atomic E-state index is 0.353. The molecule has 5 heteroatoms. The summed E-state index contributed by atoms with van der Waals surface area (Å²) in [4.78, 5) is 4.06. The fourth-order valence-corrected chi connectivity index (χ4v) is 2.43. The van der Waals surface area contributed by atoms with E-state index in [4.69, 9.17) is 16.3 Å². The Morgan fingerprint density at radius 1 is 1.44 bits per heavy atom. The van der Waals surface area contributed by atoms with Crippen molar-refractivity contribution in [1.82, 2.24) is 9.55 Å². The zero-order valence-corrected chi connectivity index (χ0v) is 10.6. The van der Waals surface area contributed by atoms with Crippen LogP contribution in [0.1, 0.15) is 6.42 Å². The Labute approximate surface area is 111 Å². The maximum absolute atomic E-state index is 6.29. The van der Waals surface area contributed by atoms with Crippen molar-refractivity contribution in [1.29, 1.82) is 0 Å². The van der Waals surface area contributed by atoms with Crippen LogP contribution in [0.5, 0.6) is 0 Å². The summed E-state index contributed by atoms with van der Waals surface area (Å²) in [5.41, 5.74) is 1.94. The van der Waals surface area contributed by atoms with Gasteiger partial charge in [0.15, 0.2) is 0 Å². The van der Waals surface area contributed by atoms with Crippen molar-refractivity contribution in [2.24, 2.45) is 0 Å². The van der Waals surface area contributed by atoms with Crippen LogP contribution >= 0.6 is 11.6 Å². The molecule has 0 saturated carbocycles. The van der Waals surface area contributed by atoms with Crippen LogP contribution in [0.25, 0.3) is 5.69 Å². The zero-order chi connectivity index (χ0) is 12.4. The minimum atomic E-state index is 0.353. The number of anilines is 1. The number of nitrogens with zero attached hydrogens (tertiary/aromatic N) is 2. The summed E-state index contributed by atoms with van der Waals surface area (Å²) >= 11 is 6.29. The average Bonchev–Trinajstić information content (AvgIpc) is 3.01. The highest BCUT2D eigenvalue weighted by atomic mass is 35.5. The fourth-order valence-electron chi connectivity index (χ4n) is 2.15. The molecule has 3 rings (SSSR count). The first-order valence-electron chi connectivity index (χ1n) is 5.96. The molecule has 1 aromatic heterocycles. The molecule has 4 nitrogen and oxygen atoms in total. The molecule has 0 spiro atoms. The Morgan fingerprint density at radius 2 is 2.39 bits per heavy atom. The van der Waals surface area contributed by atoms with Crippen LogP contribution in [-0.2, 0) is 4.74 Å². The molecule has 94 valence electrons. The zero-order valence-electron chi connectivity index (χ0n) is 9.84. The van der Waals surface area contributed by atoms with E-state index in [1.807, 2.05) is 29.0 Å². The number of rotatable bonds is 3. The van der Waals surface area contributed by atoms with Crippen LogP contribution in [0.3, 0.4) is 0 Å². The highest BCUT2D eigenvalue weighted by molar-refractivity contribution is 6.33. The van der Waals surface area contributed by atoms with E-state index in [9.17, 15) is 0 Å². The molecular formula is C13H14ClN3O. The van der Waals surface area contributed by atoms with E-state index in [0.29, 0.717) is 11.1 Å². The van der Waals surface area contributed by atoms with Crippen LogP contribution in [-0.4, -0.2) is 28.8 Å². The Bertz CT molecular complexity index is 521. The molecule has 1 aliphatic rings. The number of benzene rings is 1. The Balaban J connectivity index is 1.95. The van der Waals surface area contributed by atoms with Gasteiger partial charge >= 0.3 is 0 Å². The molecule has 1 N–H and O–H groups in total. The standard InChI is InChI=1S/C13H14ClN3O/c14-11-2-1-3-12(16-10-4-7-18-8-10)13(11)17-6-5-15-9-17/h1-3,5-6,9-10,16H,4,7-8H2. The molecule has 1 aromatic carbocycles. The lowest BCUT2D eigenvalue weighted by molar-refractivity contribution is 0.195. The summed E-state index contributed by atoms with van der Waals surface area (Å²) in [7, 11) is 0. The first-order chi connectivity index (χ1) is 8.84. The van der Waals surface area contributed by atoms with Crippen LogP contribution in [0.4, 0.5) is 5.69 Å². The van der Waals surface area contributed by atoms with Crippen molar-refractivity contribution in [3.63, 3.8) is 0 Å². The molecule has 0 radical (unpaired) electrons. The quantitative estimate of drug-likeness (QED) is 0.926. The first-order valence-corrected chi connectivity index (χ1v) is 6.33. The molecule has 0 amide bonds. The largest absolute Gasteiger partial charge is 0.379 e. The highest BCUT2D eigenvalue weighted by Crippen LogP contribution is 2.29. The van der Waals surface area contributed by atoms with E-state index in [0.717, 1.165) is 31.0 Å². The van der Waals surface area contributed by atoms with Crippen molar-refractivity contribution in [2.75, 3.05) is 18.5 Å². The summed E-state index contributed by atoms with van der Waals surface area (Å²) in [5, 5.41) is 4.19. The van der Waals surface area contributed by atoms with Crippen LogP contribution < -0.4 is 5.32 Å². The van der Waals surface area contributed by atoms with Gasteiger partial charge in [-0.1, -0.05) is 17.7 Å². The van der Waals surface area contributed by atoms with Gasteiger partial charge in [-0.25, -0.2) is 4.98 Å². The molecule has 0 aliphatic carbocycles. The van der Waals surface area contributed by atoms with Gasteiger partial charge < -0.3 is 14.6 Å². The van der Waals surface area contributed by atoms with Gasteiger partial charge in [0, 0.05) is 19.0 Å². The third kappa shape index (κ3) is 2.21. The Hall–Kier alpha value is -1.52. The molecule has 18 heavy (non-hydrogen) atoms. The second kappa shape index (κ2) is 5.00. The van der Waals surface area contributed by atoms with Crippen LogP contribution in [0, 0.1) is 0 Å². The third-order valence-corrected chi connectivity index (χ3v) is 3.34. The van der Waals surface area contributed by atoms with Crippen LogP contribution in [0.15, 0.2) is 36.9 Å². The summed E-state index contributed by atoms with van der Waals surface area (Å²) in [6.45, 7) is 1.56. The van der Waals surface area contributed by atoms with Crippen molar-refractivity contribution in [3.8, 4) is 5.69 Å². The van der Waals surface area contributed by atoms with E-state index in [1.54, 1.807) is 12.5 Å². The smallest absolute Gasteiger partial charge is 0.0992 e. The molecule has 0 bridgehead atoms. The van der Waals surface area contributed by atoms with E-state index >= 15 is 0 Å². The maximum atomic E-state index is 6.29. The second-order valence-corrected chi connectivity index (χ2v) is 4.72. The molecule has 1 aliphatic heterocycles. The summed E-state index contributed by atoms with van der Waals surface area (Å²) in [6.07, 6.45) is 6.40. The summed E-state index contributed by atoms with van der Waals surface area (Å²) < 4.78 is 7.29. The molecule has 2 aromatic rings. The summed E-state index contributed by atoms with van der Waals surface area (Å²) in [6, 6.07) is 6.21. The number of aromatic nitrogens is 2. The SMILES string of the molecule is Clc1cccc(NC2CCOC2)c1-n1ccnc1. The van der Waals surface area contributed by atoms with Crippen LogP contribution in [0.2, 0.25) is 5.02 Å². The molecule has 1 atom stereocenters. The predicted octanol–water partition coefficient (Wildman–Crippen LogP) is 2.73. The lowest BCUT2D eigenvalue weighted by Crippen LogP contribution is -2.20. The van der Waals surface area contributed by atoms with Gasteiger partial charge in [0.05, 0.1) is 35.4 Å². The fraction of sp³-hybridized carbons (Fsp3) is 0.308. The number of para-hydroxylation sites is 1. The number of imidazole rings is 1. The van der Waals surface area contributed by atoms with Crippen molar-refractivity contribution in [3.05, 3.63) is 41.9 Å². The number of hydrogen-bond donors (Lipinski definition) is 1. The van der Waals surface area contributed by atoms with Gasteiger partial charge in [-0.05, 0) is 18.6 Å². The monoisotopic (exact) mass is 263 g/mol. The predicted molar refractivity (Wildman–Crippen MR) is 71.4 cm³/mol. The van der Waals surface area contributed by atoms with Gasteiger partial charge in [0.2, 0.25) is 0 Å². The van der Waals surface area contributed by atoms with Gasteiger partial charge in [-0.2, -0.15) is 0 Å². The van der Waals surface area contributed by atoms with Gasteiger partial charge in [0.25, 0.3) is 0 Å². The number of hydrogen-bond acceptors (Lipinski definition) is 3. The number of halogens is 1. The number of nitrogens with one attached hydrogen (secondary N) is 1. The Morgan fingerprint density at radius 3 is 3.11 bits per heavy atom. The second-order valence-electron chi connectivity index (χ2n) is 4.31. The van der Waals surface area contributed by atoms with Gasteiger partial charge in [-0.3, -0.25) is 0 Å². The molecule has 1 fully saturated rings. The molecule has 1 saturated heterocycles. The van der Waals surface area contributed by atoms with Gasteiger partial charge in [0.1, 0.15) is 0 Å². The van der Waals surface area contributed by atoms with E-state index in [2.05, 4.69) is 10.3 Å². The highest BCUT2D eigenvalue weighted by Gasteiger charge is 2.17. The van der Waals surface area contributed by atoms with E-state index in [1.165, 1.54) is 0 Å². The molecule has 2 heterocycles. The van der Waals surface area contributed by atoms with Crippen molar-refractivity contribution < 1.29 is 4.74 Å². The summed E-state index contributed by atoms with van der Waals surface area (Å²) in [5.74, 6) is 0. The third-order valence-electron chi connectivity index (χ3n) is 3.04. The molecular weight excluding hydrogens is 250 g/mol. The van der Waals surface area contributed by atoms with Crippen molar-refractivity contribution >= 4 is 17.3 Å². The average molecular weight is 264 g/mol. The first kappa shape index (κ1) is 11.6. The lowest BCUT2D eigenvalue weighted by Gasteiger charge is -2.17. The Kier molecular flexibility index (Phi) is 3.21. The topological polar surface area (TPSA) is 39.1 Å². The van der Waals surface area contributed by atoms with Crippen molar-refractivity contribution in [2.45, 2.75) is 12.5 Å². The number of ether oxygens (including phenoxy) is 1. The van der Waals surface area contributed by atoms with E-state index < -0.39 is 0 Å². The molecule has 1 unspecified atom stereocenters. The lowest BCUT2D eigenvalue weighted by atomic mass is 10.2. The normalized spacial score (nSPS) is 19.1. The minimum Gasteiger partial charge on any atom is -0.379 e.